The van der Waals surface area contributed by atoms with Crippen molar-refractivity contribution in [3.8, 4) is 11.4 Å². The van der Waals surface area contributed by atoms with Crippen LogP contribution in [0.3, 0.4) is 0 Å². The van der Waals surface area contributed by atoms with Gasteiger partial charge in [0.05, 0.1) is 0 Å². The lowest BCUT2D eigenvalue weighted by Crippen LogP contribution is -2.00. The lowest BCUT2D eigenvalue weighted by molar-refractivity contribution is 0.0690. The minimum Gasteiger partial charge on any atom is -0.477 e. The molecule has 0 aliphatic heterocycles. The molecule has 0 unspecified atom stereocenters. The van der Waals surface area contributed by atoms with Gasteiger partial charge in [-0.1, -0.05) is 0 Å². The number of aromatic nitrogens is 4. The van der Waals surface area contributed by atoms with E-state index in [0.29, 0.717) is 11.4 Å². The van der Waals surface area contributed by atoms with E-state index >= 15 is 0 Å². The Kier molecular flexibility index (Phi) is 2.17. The molecule has 0 aliphatic rings. The molecule has 0 aromatic carbocycles. The number of aryl methyl sites for hydroxylation is 1. The molecular formula is C9H8N4O2. The van der Waals surface area contributed by atoms with Crippen molar-refractivity contribution in [2.24, 2.45) is 7.05 Å². The normalized spacial score (nSPS) is 10.2. The minimum atomic E-state index is -1.06. The molecule has 76 valence electrons. The quantitative estimate of drug-likeness (QED) is 0.773. The molecule has 0 radical (unpaired) electrons. The second kappa shape index (κ2) is 3.49. The summed E-state index contributed by atoms with van der Waals surface area (Å²) in [4.78, 5) is 14.4. The Morgan fingerprint density at radius 3 is 2.93 bits per heavy atom. The summed E-state index contributed by atoms with van der Waals surface area (Å²) in [5.41, 5.74) is 0.679. The van der Waals surface area contributed by atoms with Gasteiger partial charge >= 0.3 is 5.97 Å². The topological polar surface area (TPSA) is 80.9 Å². The molecule has 2 heterocycles. The molecule has 0 saturated carbocycles. The van der Waals surface area contributed by atoms with Gasteiger partial charge in [-0.2, -0.15) is 0 Å². The van der Waals surface area contributed by atoms with Gasteiger partial charge < -0.3 is 9.67 Å². The lowest BCUT2D eigenvalue weighted by atomic mass is 10.2. The molecule has 0 aliphatic carbocycles. The molecule has 1 N–H and O–H groups in total. The number of carboxylic acid groups (broad SMARTS) is 1. The predicted octanol–water partition coefficient (Wildman–Crippen LogP) is 0.575. The van der Waals surface area contributed by atoms with Crippen LogP contribution in [-0.4, -0.2) is 30.8 Å². The van der Waals surface area contributed by atoms with Gasteiger partial charge in [-0.15, -0.1) is 10.2 Å². The highest BCUT2D eigenvalue weighted by Gasteiger charge is 2.09. The summed E-state index contributed by atoms with van der Waals surface area (Å²) in [6, 6.07) is 3.16. The number of hydrogen-bond acceptors (Lipinski definition) is 4. The Bertz CT molecular complexity index is 506. The second-order valence-electron chi connectivity index (χ2n) is 3.00. The number of nitrogens with zero attached hydrogens (tertiary/aromatic N) is 4. The smallest absolute Gasteiger partial charge is 0.354 e. The Balaban J connectivity index is 2.50. The number of carboxylic acids is 1. The van der Waals surface area contributed by atoms with Crippen LogP contribution in [0.2, 0.25) is 0 Å². The van der Waals surface area contributed by atoms with Crippen LogP contribution in [0.15, 0.2) is 24.7 Å². The molecule has 0 spiro atoms. The fourth-order valence-electron chi connectivity index (χ4n) is 1.23. The molecule has 15 heavy (non-hydrogen) atoms. The second-order valence-corrected chi connectivity index (χ2v) is 3.00. The van der Waals surface area contributed by atoms with Gasteiger partial charge in [0.2, 0.25) is 0 Å². The predicted molar refractivity (Wildman–Crippen MR) is 51.2 cm³/mol. The summed E-state index contributed by atoms with van der Waals surface area (Å²) in [6.45, 7) is 0. The van der Waals surface area contributed by atoms with Crippen LogP contribution in [0.25, 0.3) is 11.4 Å². The molecule has 0 saturated heterocycles. The zero-order valence-corrected chi connectivity index (χ0v) is 7.95. The summed E-state index contributed by atoms with van der Waals surface area (Å²) >= 11 is 0. The van der Waals surface area contributed by atoms with E-state index in [1.54, 1.807) is 24.0 Å². The third kappa shape index (κ3) is 1.69. The molecular weight excluding hydrogens is 196 g/mol. The largest absolute Gasteiger partial charge is 0.477 e. The average molecular weight is 204 g/mol. The average Bonchev–Trinajstić information content (AvgIpc) is 2.64. The molecule has 2 aromatic heterocycles. The monoisotopic (exact) mass is 204 g/mol. The Morgan fingerprint density at radius 2 is 2.33 bits per heavy atom. The van der Waals surface area contributed by atoms with Gasteiger partial charge in [0.15, 0.2) is 5.82 Å². The molecule has 6 heteroatoms. The molecule has 0 fully saturated rings. The third-order valence-electron chi connectivity index (χ3n) is 1.95. The van der Waals surface area contributed by atoms with Gasteiger partial charge in [0, 0.05) is 18.8 Å². The van der Waals surface area contributed by atoms with E-state index in [0.717, 1.165) is 0 Å². The number of rotatable bonds is 2. The fourth-order valence-corrected chi connectivity index (χ4v) is 1.23. The highest BCUT2D eigenvalue weighted by atomic mass is 16.4. The van der Waals surface area contributed by atoms with Crippen molar-refractivity contribution in [3.05, 3.63) is 30.4 Å². The van der Waals surface area contributed by atoms with Crippen LogP contribution >= 0.6 is 0 Å². The van der Waals surface area contributed by atoms with E-state index in [4.69, 9.17) is 5.11 Å². The molecule has 2 aromatic rings. The zero-order valence-electron chi connectivity index (χ0n) is 7.95. The van der Waals surface area contributed by atoms with Gasteiger partial charge in [0.1, 0.15) is 12.0 Å². The van der Waals surface area contributed by atoms with Crippen LogP contribution in [0.4, 0.5) is 0 Å². The molecule has 0 atom stereocenters. The van der Waals surface area contributed by atoms with E-state index in [1.165, 1.54) is 12.3 Å². The first kappa shape index (κ1) is 9.32. The number of hydrogen-bond donors (Lipinski definition) is 1. The van der Waals surface area contributed by atoms with Crippen LogP contribution in [0.1, 0.15) is 10.5 Å². The van der Waals surface area contributed by atoms with Crippen LogP contribution in [0.5, 0.6) is 0 Å². The van der Waals surface area contributed by atoms with Crippen molar-refractivity contribution in [1.29, 1.82) is 0 Å². The first-order valence-electron chi connectivity index (χ1n) is 4.22. The van der Waals surface area contributed by atoms with Crippen molar-refractivity contribution < 1.29 is 9.90 Å². The first-order valence-corrected chi connectivity index (χ1v) is 4.22. The number of aromatic carboxylic acids is 1. The Hall–Kier alpha value is -2.24. The first-order chi connectivity index (χ1) is 7.18. The lowest BCUT2D eigenvalue weighted by Gasteiger charge is -2.00. The summed E-state index contributed by atoms with van der Waals surface area (Å²) < 4.78 is 1.71. The summed E-state index contributed by atoms with van der Waals surface area (Å²) in [5, 5.41) is 16.4. The highest BCUT2D eigenvalue weighted by molar-refractivity contribution is 5.86. The number of pyridine rings is 1. The van der Waals surface area contributed by atoms with Crippen molar-refractivity contribution in [2.75, 3.05) is 0 Å². The maximum atomic E-state index is 10.7. The van der Waals surface area contributed by atoms with E-state index in [-0.39, 0.29) is 5.69 Å². The van der Waals surface area contributed by atoms with Crippen LogP contribution in [-0.2, 0) is 7.05 Å². The van der Waals surface area contributed by atoms with Crippen LogP contribution in [0, 0.1) is 0 Å². The molecule has 0 bridgehead atoms. The van der Waals surface area contributed by atoms with Crippen LogP contribution < -0.4 is 0 Å². The molecule has 0 amide bonds. The Morgan fingerprint density at radius 1 is 1.53 bits per heavy atom. The Labute approximate surface area is 85.2 Å². The molecule has 6 nitrogen and oxygen atoms in total. The highest BCUT2D eigenvalue weighted by Crippen LogP contribution is 2.15. The zero-order chi connectivity index (χ0) is 10.8. The minimum absolute atomic E-state index is 0.00417. The summed E-state index contributed by atoms with van der Waals surface area (Å²) in [5.74, 6) is -0.445. The van der Waals surface area contributed by atoms with Gasteiger partial charge in [-0.3, -0.25) is 0 Å². The van der Waals surface area contributed by atoms with E-state index in [9.17, 15) is 4.79 Å². The van der Waals surface area contributed by atoms with Crippen molar-refractivity contribution in [3.63, 3.8) is 0 Å². The fraction of sp³-hybridized carbons (Fsp3) is 0.111. The van der Waals surface area contributed by atoms with Gasteiger partial charge in [-0.25, -0.2) is 9.78 Å². The standard InChI is InChI=1S/C9H8N4O2/c1-13-5-11-12-8(13)6-2-3-10-7(4-6)9(14)15/h2-5H,1H3,(H,14,15). The van der Waals surface area contributed by atoms with E-state index in [2.05, 4.69) is 15.2 Å². The molecule has 2 rings (SSSR count). The van der Waals surface area contributed by atoms with Gasteiger partial charge in [-0.05, 0) is 12.1 Å². The van der Waals surface area contributed by atoms with E-state index < -0.39 is 5.97 Å². The maximum absolute atomic E-state index is 10.7. The van der Waals surface area contributed by atoms with Crippen molar-refractivity contribution >= 4 is 5.97 Å². The summed E-state index contributed by atoms with van der Waals surface area (Å²) in [6.07, 6.45) is 2.99. The maximum Gasteiger partial charge on any atom is 0.354 e. The van der Waals surface area contributed by atoms with Gasteiger partial charge in [0.25, 0.3) is 0 Å². The van der Waals surface area contributed by atoms with Crippen molar-refractivity contribution in [2.45, 2.75) is 0 Å². The summed E-state index contributed by atoms with van der Waals surface area (Å²) in [7, 11) is 1.79. The third-order valence-corrected chi connectivity index (χ3v) is 1.95. The SMILES string of the molecule is Cn1cnnc1-c1ccnc(C(=O)O)c1. The van der Waals surface area contributed by atoms with E-state index in [1.807, 2.05) is 0 Å². The number of carbonyl (C=O) groups is 1. The van der Waals surface area contributed by atoms with Crippen molar-refractivity contribution in [1.82, 2.24) is 19.7 Å².